The predicted molar refractivity (Wildman–Crippen MR) is 76.7 cm³/mol. The van der Waals surface area contributed by atoms with Crippen molar-refractivity contribution in [1.29, 1.82) is 0 Å². The highest BCUT2D eigenvalue weighted by atomic mass is 79.9. The largest absolute Gasteiger partial charge is 0.300 e. The van der Waals surface area contributed by atoms with Gasteiger partial charge in [-0.25, -0.2) is 0 Å². The van der Waals surface area contributed by atoms with Gasteiger partial charge in [0.25, 0.3) is 0 Å². The van der Waals surface area contributed by atoms with E-state index in [1.54, 1.807) is 0 Å². The van der Waals surface area contributed by atoms with Crippen LogP contribution in [0.4, 0.5) is 0 Å². The zero-order chi connectivity index (χ0) is 12.1. The Labute approximate surface area is 113 Å². The smallest absolute Gasteiger partial charge is 0.0234 e. The van der Waals surface area contributed by atoms with Gasteiger partial charge in [0.1, 0.15) is 0 Å². The SMILES string of the molecule is Cc1cccc(CN2CCN(CCBr)CC2)c1. The van der Waals surface area contributed by atoms with Gasteiger partial charge >= 0.3 is 0 Å². The van der Waals surface area contributed by atoms with Crippen LogP contribution in [0.5, 0.6) is 0 Å². The van der Waals surface area contributed by atoms with Crippen molar-refractivity contribution < 1.29 is 0 Å². The first kappa shape index (κ1) is 13.1. The second kappa shape index (κ2) is 6.53. The fourth-order valence-electron chi connectivity index (χ4n) is 2.36. The molecule has 0 unspecified atom stereocenters. The standard InChI is InChI=1S/C14H21BrN2/c1-13-3-2-4-14(11-13)12-17-9-7-16(6-5-15)8-10-17/h2-4,11H,5-10,12H2,1H3. The molecule has 1 aliphatic heterocycles. The predicted octanol–water partition coefficient (Wildman–Crippen LogP) is 2.51. The van der Waals surface area contributed by atoms with Gasteiger partial charge in [0, 0.05) is 44.6 Å². The third-order valence-electron chi connectivity index (χ3n) is 3.35. The lowest BCUT2D eigenvalue weighted by Crippen LogP contribution is -2.46. The summed E-state index contributed by atoms with van der Waals surface area (Å²) in [6.07, 6.45) is 0. The van der Waals surface area contributed by atoms with Gasteiger partial charge in [-0.05, 0) is 12.5 Å². The van der Waals surface area contributed by atoms with Crippen molar-refractivity contribution in [2.75, 3.05) is 38.1 Å². The summed E-state index contributed by atoms with van der Waals surface area (Å²) in [5, 5.41) is 1.09. The zero-order valence-electron chi connectivity index (χ0n) is 10.5. The lowest BCUT2D eigenvalue weighted by molar-refractivity contribution is 0.133. The number of piperazine rings is 1. The van der Waals surface area contributed by atoms with Crippen LogP contribution < -0.4 is 0 Å². The summed E-state index contributed by atoms with van der Waals surface area (Å²) in [7, 11) is 0. The maximum Gasteiger partial charge on any atom is 0.0234 e. The van der Waals surface area contributed by atoms with Crippen LogP contribution in [0.15, 0.2) is 24.3 Å². The number of rotatable bonds is 4. The van der Waals surface area contributed by atoms with Crippen LogP contribution in [0.3, 0.4) is 0 Å². The summed E-state index contributed by atoms with van der Waals surface area (Å²) in [6.45, 7) is 9.25. The first-order chi connectivity index (χ1) is 8.28. The van der Waals surface area contributed by atoms with E-state index in [0.29, 0.717) is 0 Å². The molecule has 0 atom stereocenters. The number of benzene rings is 1. The molecule has 94 valence electrons. The Morgan fingerprint density at radius 2 is 1.82 bits per heavy atom. The van der Waals surface area contributed by atoms with Crippen molar-refractivity contribution in [1.82, 2.24) is 9.80 Å². The van der Waals surface area contributed by atoms with E-state index in [1.165, 1.54) is 43.9 Å². The molecule has 0 amide bonds. The number of nitrogens with zero attached hydrogens (tertiary/aromatic N) is 2. The van der Waals surface area contributed by atoms with Gasteiger partial charge in [-0.3, -0.25) is 9.80 Å². The van der Waals surface area contributed by atoms with Crippen LogP contribution in [-0.2, 0) is 6.54 Å². The maximum absolute atomic E-state index is 3.51. The van der Waals surface area contributed by atoms with Gasteiger partial charge < -0.3 is 0 Å². The molecule has 2 nitrogen and oxygen atoms in total. The molecule has 0 aromatic heterocycles. The summed E-state index contributed by atoms with van der Waals surface area (Å²) < 4.78 is 0. The molecule has 0 bridgehead atoms. The minimum absolute atomic E-state index is 1.09. The molecule has 0 spiro atoms. The van der Waals surface area contributed by atoms with Gasteiger partial charge in [-0.1, -0.05) is 45.8 Å². The Morgan fingerprint density at radius 3 is 2.47 bits per heavy atom. The molecule has 0 radical (unpaired) electrons. The molecule has 1 aromatic rings. The molecule has 0 saturated carbocycles. The minimum atomic E-state index is 1.09. The average molecular weight is 297 g/mol. The highest BCUT2D eigenvalue weighted by Gasteiger charge is 2.15. The summed E-state index contributed by atoms with van der Waals surface area (Å²) in [5.74, 6) is 0. The van der Waals surface area contributed by atoms with E-state index in [1.807, 2.05) is 0 Å². The molecule has 1 aromatic carbocycles. The number of aryl methyl sites for hydroxylation is 1. The molecular formula is C14H21BrN2. The second-order valence-corrected chi connectivity index (χ2v) is 5.59. The third-order valence-corrected chi connectivity index (χ3v) is 3.71. The molecule has 1 aliphatic rings. The molecule has 1 saturated heterocycles. The Bertz CT molecular complexity index is 346. The van der Waals surface area contributed by atoms with Crippen molar-refractivity contribution >= 4 is 15.9 Å². The van der Waals surface area contributed by atoms with Crippen LogP contribution in [-0.4, -0.2) is 47.9 Å². The highest BCUT2D eigenvalue weighted by molar-refractivity contribution is 9.09. The van der Waals surface area contributed by atoms with E-state index in [0.717, 1.165) is 11.9 Å². The van der Waals surface area contributed by atoms with Gasteiger partial charge in [-0.2, -0.15) is 0 Å². The number of hydrogen-bond donors (Lipinski definition) is 0. The van der Waals surface area contributed by atoms with Crippen molar-refractivity contribution in [3.05, 3.63) is 35.4 Å². The van der Waals surface area contributed by atoms with Gasteiger partial charge in [0.15, 0.2) is 0 Å². The van der Waals surface area contributed by atoms with Crippen LogP contribution >= 0.6 is 15.9 Å². The molecule has 0 N–H and O–H groups in total. The zero-order valence-corrected chi connectivity index (χ0v) is 12.1. The summed E-state index contributed by atoms with van der Waals surface area (Å²) in [4.78, 5) is 5.08. The van der Waals surface area contributed by atoms with Crippen LogP contribution in [0.2, 0.25) is 0 Å². The quantitative estimate of drug-likeness (QED) is 0.788. The van der Waals surface area contributed by atoms with Crippen molar-refractivity contribution in [2.24, 2.45) is 0 Å². The molecular weight excluding hydrogens is 276 g/mol. The first-order valence-corrected chi connectivity index (χ1v) is 7.46. The third kappa shape index (κ3) is 4.09. The molecule has 2 rings (SSSR count). The van der Waals surface area contributed by atoms with E-state index in [-0.39, 0.29) is 0 Å². The molecule has 1 fully saturated rings. The Morgan fingerprint density at radius 1 is 1.12 bits per heavy atom. The monoisotopic (exact) mass is 296 g/mol. The number of hydrogen-bond acceptors (Lipinski definition) is 2. The summed E-state index contributed by atoms with van der Waals surface area (Å²) in [6, 6.07) is 8.85. The van der Waals surface area contributed by atoms with E-state index in [4.69, 9.17) is 0 Å². The van der Waals surface area contributed by atoms with Crippen LogP contribution in [0.1, 0.15) is 11.1 Å². The van der Waals surface area contributed by atoms with Crippen molar-refractivity contribution in [2.45, 2.75) is 13.5 Å². The summed E-state index contributed by atoms with van der Waals surface area (Å²) >= 11 is 3.51. The highest BCUT2D eigenvalue weighted by Crippen LogP contribution is 2.10. The average Bonchev–Trinajstić information content (AvgIpc) is 2.32. The Kier molecular flexibility index (Phi) is 5.01. The first-order valence-electron chi connectivity index (χ1n) is 6.34. The lowest BCUT2D eigenvalue weighted by atomic mass is 10.1. The molecule has 0 aliphatic carbocycles. The molecule has 3 heteroatoms. The van der Waals surface area contributed by atoms with Crippen LogP contribution in [0.25, 0.3) is 0 Å². The molecule has 17 heavy (non-hydrogen) atoms. The summed E-state index contributed by atoms with van der Waals surface area (Å²) in [5.41, 5.74) is 2.80. The fraction of sp³-hybridized carbons (Fsp3) is 0.571. The molecule has 1 heterocycles. The van der Waals surface area contributed by atoms with Crippen molar-refractivity contribution in [3.8, 4) is 0 Å². The van der Waals surface area contributed by atoms with E-state index in [9.17, 15) is 0 Å². The Hall–Kier alpha value is -0.380. The fourth-order valence-corrected chi connectivity index (χ4v) is 2.86. The van der Waals surface area contributed by atoms with Gasteiger partial charge in [0.2, 0.25) is 0 Å². The van der Waals surface area contributed by atoms with Gasteiger partial charge in [0.05, 0.1) is 0 Å². The second-order valence-electron chi connectivity index (χ2n) is 4.80. The minimum Gasteiger partial charge on any atom is -0.300 e. The normalized spacial score (nSPS) is 18.5. The van der Waals surface area contributed by atoms with Gasteiger partial charge in [-0.15, -0.1) is 0 Å². The van der Waals surface area contributed by atoms with E-state index < -0.39 is 0 Å². The number of alkyl halides is 1. The van der Waals surface area contributed by atoms with Crippen LogP contribution in [0, 0.1) is 6.92 Å². The topological polar surface area (TPSA) is 6.48 Å². The van der Waals surface area contributed by atoms with E-state index in [2.05, 4.69) is 56.9 Å². The lowest BCUT2D eigenvalue weighted by Gasteiger charge is -2.34. The van der Waals surface area contributed by atoms with E-state index >= 15 is 0 Å². The maximum atomic E-state index is 3.51. The van der Waals surface area contributed by atoms with Crippen molar-refractivity contribution in [3.63, 3.8) is 0 Å². The number of halogens is 1. The Balaban J connectivity index is 1.82.